The van der Waals surface area contributed by atoms with Crippen molar-refractivity contribution in [3.8, 4) is 5.75 Å². The second-order valence-electron chi connectivity index (χ2n) is 8.91. The van der Waals surface area contributed by atoms with Crippen molar-refractivity contribution >= 4 is 40.6 Å². The fraction of sp³-hybridized carbons (Fsp3) is 0.179. The van der Waals surface area contributed by atoms with Crippen molar-refractivity contribution in [2.75, 3.05) is 4.90 Å². The smallest absolute Gasteiger partial charge is 0.305 e. The lowest BCUT2D eigenvalue weighted by atomic mass is 9.82. The molecule has 3 heterocycles. The van der Waals surface area contributed by atoms with E-state index in [0.29, 0.717) is 23.1 Å². The maximum absolute atomic E-state index is 13.9. The molecule has 36 heavy (non-hydrogen) atoms. The summed E-state index contributed by atoms with van der Waals surface area (Å²) in [4.78, 5) is 44.6. The Bertz CT molecular complexity index is 1510. The van der Waals surface area contributed by atoms with Crippen molar-refractivity contribution in [3.63, 3.8) is 0 Å². The number of benzene rings is 3. The van der Waals surface area contributed by atoms with Gasteiger partial charge in [0.1, 0.15) is 17.6 Å². The molecule has 2 amide bonds. The molecule has 0 aliphatic carbocycles. The zero-order chi connectivity index (χ0) is 24.8. The summed E-state index contributed by atoms with van der Waals surface area (Å²) >= 11 is 2.38. The maximum atomic E-state index is 13.9. The predicted molar refractivity (Wildman–Crippen MR) is 141 cm³/mol. The highest BCUT2D eigenvalue weighted by Crippen LogP contribution is 2.54. The number of anilines is 1. The van der Waals surface area contributed by atoms with Gasteiger partial charge in [-0.15, -0.1) is 0 Å². The first-order valence-electron chi connectivity index (χ1n) is 11.6. The number of nitrogens with zero attached hydrogens (tertiary/aromatic N) is 1. The van der Waals surface area contributed by atoms with Crippen molar-refractivity contribution < 1.29 is 14.3 Å². The van der Waals surface area contributed by atoms with E-state index in [1.54, 1.807) is 12.1 Å². The molecule has 8 heteroatoms. The van der Waals surface area contributed by atoms with Crippen LogP contribution in [0.3, 0.4) is 0 Å². The number of H-pyrrole nitrogens is 1. The number of carbonyl (C=O) groups is 2. The zero-order valence-electron chi connectivity index (χ0n) is 19.3. The summed E-state index contributed by atoms with van der Waals surface area (Å²) in [5.41, 5.74) is 3.43. The van der Waals surface area contributed by atoms with E-state index in [-0.39, 0.29) is 16.7 Å². The molecule has 1 saturated heterocycles. The third-order valence-electron chi connectivity index (χ3n) is 6.61. The van der Waals surface area contributed by atoms with Gasteiger partial charge in [0.2, 0.25) is 11.8 Å². The van der Waals surface area contributed by atoms with Crippen molar-refractivity contribution in [2.45, 2.75) is 29.7 Å². The van der Waals surface area contributed by atoms with Crippen LogP contribution in [-0.4, -0.2) is 22.0 Å². The SMILES string of the molecule is Cc1ccc(N2C(=O)[C@H]3[C@H](c4ccccc4OCc4ccccc4)c4sc(=O)[nH]c4S[C@H]3C2=O)cc1. The Kier molecular flexibility index (Phi) is 5.78. The lowest BCUT2D eigenvalue weighted by Gasteiger charge is -2.30. The lowest BCUT2D eigenvalue weighted by Crippen LogP contribution is -2.32. The Morgan fingerprint density at radius 2 is 1.61 bits per heavy atom. The minimum atomic E-state index is -0.649. The predicted octanol–water partition coefficient (Wildman–Crippen LogP) is 5.12. The first-order chi connectivity index (χ1) is 17.5. The number of aryl methyl sites for hydroxylation is 1. The van der Waals surface area contributed by atoms with E-state index in [0.717, 1.165) is 32.9 Å². The van der Waals surface area contributed by atoms with E-state index in [9.17, 15) is 14.4 Å². The number of fused-ring (bicyclic) bond motifs is 2. The Morgan fingerprint density at radius 1 is 0.889 bits per heavy atom. The minimum absolute atomic E-state index is 0.199. The van der Waals surface area contributed by atoms with Crippen LogP contribution in [0.15, 0.2) is 88.7 Å². The molecule has 1 N–H and O–H groups in total. The van der Waals surface area contributed by atoms with Gasteiger partial charge in [0.25, 0.3) is 0 Å². The molecule has 4 aromatic rings. The van der Waals surface area contributed by atoms with Crippen LogP contribution in [0.2, 0.25) is 0 Å². The van der Waals surface area contributed by atoms with Crippen LogP contribution in [0, 0.1) is 12.8 Å². The molecule has 0 unspecified atom stereocenters. The van der Waals surface area contributed by atoms with Gasteiger partial charge in [0.15, 0.2) is 0 Å². The number of aromatic amines is 1. The van der Waals surface area contributed by atoms with E-state index in [1.165, 1.54) is 16.7 Å². The first kappa shape index (κ1) is 22.8. The summed E-state index contributed by atoms with van der Waals surface area (Å²) in [5.74, 6) is -1.00. The van der Waals surface area contributed by atoms with Crippen LogP contribution in [0.1, 0.15) is 27.5 Å². The van der Waals surface area contributed by atoms with Crippen LogP contribution in [-0.2, 0) is 16.2 Å². The van der Waals surface area contributed by atoms with Crippen LogP contribution in [0.25, 0.3) is 0 Å². The van der Waals surface area contributed by atoms with Crippen molar-refractivity contribution in [1.29, 1.82) is 0 Å². The summed E-state index contributed by atoms with van der Waals surface area (Å²) in [6, 6.07) is 24.8. The molecule has 2 aliphatic rings. The number of amides is 2. The van der Waals surface area contributed by atoms with E-state index >= 15 is 0 Å². The molecule has 6 nitrogen and oxygen atoms in total. The van der Waals surface area contributed by atoms with E-state index < -0.39 is 17.1 Å². The molecule has 6 rings (SSSR count). The topological polar surface area (TPSA) is 79.5 Å². The van der Waals surface area contributed by atoms with Gasteiger partial charge >= 0.3 is 4.87 Å². The fourth-order valence-corrected chi connectivity index (χ4v) is 7.41. The molecule has 0 bridgehead atoms. The van der Waals surface area contributed by atoms with E-state index in [1.807, 2.05) is 73.7 Å². The third kappa shape index (κ3) is 3.86. The highest BCUT2D eigenvalue weighted by atomic mass is 32.2. The molecule has 1 fully saturated rings. The molecule has 3 aromatic carbocycles. The number of rotatable bonds is 5. The van der Waals surface area contributed by atoms with Gasteiger partial charge in [0.05, 0.1) is 16.6 Å². The molecule has 3 atom stereocenters. The number of hydrogen-bond acceptors (Lipinski definition) is 6. The zero-order valence-corrected chi connectivity index (χ0v) is 21.0. The lowest BCUT2D eigenvalue weighted by molar-refractivity contribution is -0.122. The third-order valence-corrected chi connectivity index (χ3v) is 9.01. The second-order valence-corrected chi connectivity index (χ2v) is 11.1. The summed E-state index contributed by atoms with van der Waals surface area (Å²) in [5, 5.41) is 0.0183. The molecular weight excluding hydrogens is 492 g/mol. The van der Waals surface area contributed by atoms with Gasteiger partial charge in [-0.3, -0.25) is 14.4 Å². The monoisotopic (exact) mass is 514 g/mol. The number of nitrogens with one attached hydrogen (secondary N) is 1. The average Bonchev–Trinajstić information content (AvgIpc) is 3.38. The van der Waals surface area contributed by atoms with Crippen LogP contribution >= 0.6 is 23.1 Å². The highest BCUT2D eigenvalue weighted by molar-refractivity contribution is 8.00. The van der Waals surface area contributed by atoms with Crippen LogP contribution in [0.5, 0.6) is 5.75 Å². The fourth-order valence-electron chi connectivity index (χ4n) is 4.90. The van der Waals surface area contributed by atoms with Gasteiger partial charge in [-0.05, 0) is 30.7 Å². The molecule has 0 spiro atoms. The summed E-state index contributed by atoms with van der Waals surface area (Å²) in [6.07, 6.45) is 0. The number of imide groups is 1. The maximum Gasteiger partial charge on any atom is 0.305 e. The van der Waals surface area contributed by atoms with Gasteiger partial charge in [-0.25, -0.2) is 4.90 Å². The Hall–Kier alpha value is -3.62. The summed E-state index contributed by atoms with van der Waals surface area (Å²) in [6.45, 7) is 2.33. The first-order valence-corrected chi connectivity index (χ1v) is 13.3. The van der Waals surface area contributed by atoms with E-state index in [4.69, 9.17) is 4.74 Å². The second kappa shape index (κ2) is 9.11. The molecule has 0 radical (unpaired) electrons. The largest absolute Gasteiger partial charge is 0.489 e. The standard InChI is InChI=1S/C28H22N2O4S2/c1-16-11-13-18(14-12-16)30-26(31)22-21(23-25(29-28(33)36-23)35-24(22)27(30)32)19-9-5-6-10-20(19)34-15-17-7-3-2-4-8-17/h2-14,21-22,24H,15H2,1H3,(H,29,33)/t21-,22-,24+/m0/s1. The normalized spacial score (nSPS) is 20.8. The number of aromatic nitrogens is 1. The number of ether oxygens (including phenoxy) is 1. The Balaban J connectivity index is 1.43. The number of carbonyl (C=O) groups excluding carboxylic acids is 2. The number of thioether (sulfide) groups is 1. The molecule has 180 valence electrons. The van der Waals surface area contributed by atoms with Crippen LogP contribution < -0.4 is 14.5 Å². The van der Waals surface area contributed by atoms with Gasteiger partial charge in [0, 0.05) is 16.4 Å². The van der Waals surface area contributed by atoms with Crippen LogP contribution in [0.4, 0.5) is 5.69 Å². The highest BCUT2D eigenvalue weighted by Gasteiger charge is 2.56. The van der Waals surface area contributed by atoms with Gasteiger partial charge in [-0.2, -0.15) is 0 Å². The molecular formula is C28H22N2O4S2. The summed E-state index contributed by atoms with van der Waals surface area (Å²) < 4.78 is 6.23. The average molecular weight is 515 g/mol. The minimum Gasteiger partial charge on any atom is -0.489 e. The summed E-state index contributed by atoms with van der Waals surface area (Å²) in [7, 11) is 0. The van der Waals surface area contributed by atoms with Gasteiger partial charge < -0.3 is 9.72 Å². The number of hydrogen-bond donors (Lipinski definition) is 1. The molecule has 2 aliphatic heterocycles. The van der Waals surface area contributed by atoms with Crippen molar-refractivity contribution in [1.82, 2.24) is 4.98 Å². The van der Waals surface area contributed by atoms with E-state index in [2.05, 4.69) is 4.98 Å². The number of para-hydroxylation sites is 1. The molecule has 0 saturated carbocycles. The quantitative estimate of drug-likeness (QED) is 0.374. The Labute approximate surface area is 215 Å². The van der Waals surface area contributed by atoms with Crippen molar-refractivity contribution in [3.05, 3.63) is 110 Å². The Morgan fingerprint density at radius 3 is 2.39 bits per heavy atom. The van der Waals surface area contributed by atoms with Gasteiger partial charge in [-0.1, -0.05) is 89.3 Å². The van der Waals surface area contributed by atoms with Crippen molar-refractivity contribution in [2.24, 2.45) is 5.92 Å². The molecule has 1 aromatic heterocycles. The number of thiazole rings is 1.